The molecule has 2 heterocycles. The number of halogens is 1. The number of hydrogen-bond donors (Lipinski definition) is 1. The minimum Gasteiger partial charge on any atom is -0.365 e. The summed E-state index contributed by atoms with van der Waals surface area (Å²) in [6, 6.07) is 0. The standard InChI is InChI=1S/C13H18ClN5/c1-4-5-11-12(14)16-8-17-13(11)15-6-10-7-19(3)18-9(10)2/h7-8H,4-6H2,1-3H3,(H,15,16,17). The normalized spacial score (nSPS) is 10.7. The molecule has 19 heavy (non-hydrogen) atoms. The van der Waals surface area contributed by atoms with Crippen LogP contribution >= 0.6 is 11.6 Å². The van der Waals surface area contributed by atoms with E-state index in [9.17, 15) is 0 Å². The smallest absolute Gasteiger partial charge is 0.137 e. The molecule has 0 amide bonds. The lowest BCUT2D eigenvalue weighted by Gasteiger charge is -2.10. The molecule has 0 fully saturated rings. The van der Waals surface area contributed by atoms with Crippen molar-refractivity contribution in [3.63, 3.8) is 0 Å². The van der Waals surface area contributed by atoms with Gasteiger partial charge in [-0.25, -0.2) is 9.97 Å². The van der Waals surface area contributed by atoms with Crippen molar-refractivity contribution in [2.75, 3.05) is 5.32 Å². The minimum atomic E-state index is 0.530. The van der Waals surface area contributed by atoms with E-state index in [0.717, 1.165) is 35.5 Å². The summed E-state index contributed by atoms with van der Waals surface area (Å²) < 4.78 is 1.81. The van der Waals surface area contributed by atoms with Crippen molar-refractivity contribution in [1.82, 2.24) is 19.7 Å². The molecule has 0 radical (unpaired) electrons. The van der Waals surface area contributed by atoms with E-state index in [-0.39, 0.29) is 0 Å². The first kappa shape index (κ1) is 13.8. The Hall–Kier alpha value is -1.62. The SMILES string of the molecule is CCCc1c(Cl)ncnc1NCc1cn(C)nc1C. The van der Waals surface area contributed by atoms with Gasteiger partial charge in [-0.3, -0.25) is 4.68 Å². The zero-order valence-corrected chi connectivity index (χ0v) is 12.2. The lowest BCUT2D eigenvalue weighted by molar-refractivity contribution is 0.756. The van der Waals surface area contributed by atoms with Crippen LogP contribution in [-0.2, 0) is 20.0 Å². The summed E-state index contributed by atoms with van der Waals surface area (Å²) in [6.45, 7) is 4.79. The first-order chi connectivity index (χ1) is 9.11. The summed E-state index contributed by atoms with van der Waals surface area (Å²) in [7, 11) is 1.92. The molecule has 5 nitrogen and oxygen atoms in total. The van der Waals surface area contributed by atoms with Crippen LogP contribution in [0.4, 0.5) is 5.82 Å². The van der Waals surface area contributed by atoms with Crippen molar-refractivity contribution in [3.8, 4) is 0 Å². The van der Waals surface area contributed by atoms with Gasteiger partial charge in [0.25, 0.3) is 0 Å². The van der Waals surface area contributed by atoms with Crippen LogP contribution in [0.5, 0.6) is 0 Å². The number of aromatic nitrogens is 4. The minimum absolute atomic E-state index is 0.530. The van der Waals surface area contributed by atoms with Gasteiger partial charge in [0.2, 0.25) is 0 Å². The lowest BCUT2D eigenvalue weighted by atomic mass is 10.2. The van der Waals surface area contributed by atoms with Crippen molar-refractivity contribution in [1.29, 1.82) is 0 Å². The average Bonchev–Trinajstić information content (AvgIpc) is 2.69. The zero-order valence-electron chi connectivity index (χ0n) is 11.4. The van der Waals surface area contributed by atoms with Crippen LogP contribution in [0.3, 0.4) is 0 Å². The van der Waals surface area contributed by atoms with Crippen LogP contribution < -0.4 is 5.32 Å². The van der Waals surface area contributed by atoms with E-state index in [1.54, 1.807) is 0 Å². The molecule has 2 aromatic rings. The molecule has 0 aliphatic carbocycles. The fourth-order valence-corrected chi connectivity index (χ4v) is 2.24. The van der Waals surface area contributed by atoms with Crippen LogP contribution in [0.15, 0.2) is 12.5 Å². The van der Waals surface area contributed by atoms with Gasteiger partial charge in [-0.2, -0.15) is 5.10 Å². The number of hydrogen-bond acceptors (Lipinski definition) is 4. The average molecular weight is 280 g/mol. The van der Waals surface area contributed by atoms with Crippen LogP contribution in [-0.4, -0.2) is 19.7 Å². The Balaban J connectivity index is 2.15. The Morgan fingerprint density at radius 2 is 2.16 bits per heavy atom. The van der Waals surface area contributed by atoms with Crippen LogP contribution in [0.1, 0.15) is 30.2 Å². The van der Waals surface area contributed by atoms with Crippen LogP contribution in [0.2, 0.25) is 5.15 Å². The predicted octanol–water partition coefficient (Wildman–Crippen LogP) is 2.74. The first-order valence-corrected chi connectivity index (χ1v) is 6.72. The van der Waals surface area contributed by atoms with Gasteiger partial charge >= 0.3 is 0 Å². The molecule has 6 heteroatoms. The van der Waals surface area contributed by atoms with Gasteiger partial charge in [0.05, 0.1) is 5.69 Å². The van der Waals surface area contributed by atoms with Crippen molar-refractivity contribution in [3.05, 3.63) is 34.5 Å². The van der Waals surface area contributed by atoms with Gasteiger partial charge in [0.15, 0.2) is 0 Å². The second-order valence-electron chi connectivity index (χ2n) is 4.51. The molecule has 0 saturated heterocycles. The largest absolute Gasteiger partial charge is 0.365 e. The number of anilines is 1. The molecule has 0 aliphatic rings. The van der Waals surface area contributed by atoms with Crippen molar-refractivity contribution >= 4 is 17.4 Å². The Bertz CT molecular complexity index is 564. The summed E-state index contributed by atoms with van der Waals surface area (Å²) >= 11 is 6.12. The monoisotopic (exact) mass is 279 g/mol. The van der Waals surface area contributed by atoms with E-state index < -0.39 is 0 Å². The highest BCUT2D eigenvalue weighted by Crippen LogP contribution is 2.22. The van der Waals surface area contributed by atoms with Crippen LogP contribution in [0, 0.1) is 6.92 Å². The molecule has 0 bridgehead atoms. The number of nitrogens with zero attached hydrogens (tertiary/aromatic N) is 4. The molecule has 0 aliphatic heterocycles. The maximum Gasteiger partial charge on any atom is 0.137 e. The number of nitrogens with one attached hydrogen (secondary N) is 1. The van der Waals surface area contributed by atoms with Gasteiger partial charge < -0.3 is 5.32 Å². The molecule has 0 saturated carbocycles. The first-order valence-electron chi connectivity index (χ1n) is 6.34. The van der Waals surface area contributed by atoms with Crippen molar-refractivity contribution in [2.24, 2.45) is 7.05 Å². The fourth-order valence-electron chi connectivity index (χ4n) is 2.02. The molecule has 2 rings (SSSR count). The summed E-state index contributed by atoms with van der Waals surface area (Å²) in [6.07, 6.45) is 5.37. The molecule has 1 N–H and O–H groups in total. The Kier molecular flexibility index (Phi) is 4.37. The molecule has 0 atom stereocenters. The van der Waals surface area contributed by atoms with Gasteiger partial charge in [-0.15, -0.1) is 0 Å². The highest BCUT2D eigenvalue weighted by atomic mass is 35.5. The summed E-state index contributed by atoms with van der Waals surface area (Å²) in [5.41, 5.74) is 3.15. The van der Waals surface area contributed by atoms with Crippen molar-refractivity contribution < 1.29 is 0 Å². The van der Waals surface area contributed by atoms with E-state index in [1.807, 2.05) is 24.9 Å². The zero-order chi connectivity index (χ0) is 13.8. The molecular formula is C13H18ClN5. The van der Waals surface area contributed by atoms with Gasteiger partial charge in [0.1, 0.15) is 17.3 Å². The Labute approximate surface area is 118 Å². The molecule has 0 unspecified atom stereocenters. The Morgan fingerprint density at radius 3 is 2.79 bits per heavy atom. The third kappa shape index (κ3) is 3.23. The molecule has 0 aromatic carbocycles. The maximum atomic E-state index is 6.12. The van der Waals surface area contributed by atoms with Gasteiger partial charge in [-0.05, 0) is 13.3 Å². The highest BCUT2D eigenvalue weighted by molar-refractivity contribution is 6.30. The van der Waals surface area contributed by atoms with E-state index in [4.69, 9.17) is 11.6 Å². The molecular weight excluding hydrogens is 262 g/mol. The fraction of sp³-hybridized carbons (Fsp3) is 0.462. The summed E-state index contributed by atoms with van der Waals surface area (Å²) in [5.74, 6) is 0.810. The number of rotatable bonds is 5. The second-order valence-corrected chi connectivity index (χ2v) is 4.87. The van der Waals surface area contributed by atoms with Gasteiger partial charge in [0, 0.05) is 30.9 Å². The number of aryl methyl sites for hydroxylation is 2. The Morgan fingerprint density at radius 1 is 1.37 bits per heavy atom. The third-order valence-corrected chi connectivity index (χ3v) is 3.28. The van der Waals surface area contributed by atoms with E-state index in [1.165, 1.54) is 6.33 Å². The van der Waals surface area contributed by atoms with Crippen LogP contribution in [0.25, 0.3) is 0 Å². The van der Waals surface area contributed by atoms with Crippen molar-refractivity contribution in [2.45, 2.75) is 33.2 Å². The van der Waals surface area contributed by atoms with E-state index in [2.05, 4.69) is 27.3 Å². The second kappa shape index (κ2) is 6.02. The molecule has 2 aromatic heterocycles. The third-order valence-electron chi connectivity index (χ3n) is 2.95. The van der Waals surface area contributed by atoms with E-state index in [0.29, 0.717) is 11.7 Å². The molecule has 102 valence electrons. The maximum absolute atomic E-state index is 6.12. The van der Waals surface area contributed by atoms with Gasteiger partial charge in [-0.1, -0.05) is 24.9 Å². The summed E-state index contributed by atoms with van der Waals surface area (Å²) in [5, 5.41) is 8.17. The highest BCUT2D eigenvalue weighted by Gasteiger charge is 2.10. The molecule has 0 spiro atoms. The van der Waals surface area contributed by atoms with E-state index >= 15 is 0 Å². The quantitative estimate of drug-likeness (QED) is 0.855. The topological polar surface area (TPSA) is 55.6 Å². The predicted molar refractivity (Wildman–Crippen MR) is 76.3 cm³/mol. The lowest BCUT2D eigenvalue weighted by Crippen LogP contribution is -2.06. The summed E-state index contributed by atoms with van der Waals surface area (Å²) in [4.78, 5) is 8.31.